The molecule has 0 bridgehead atoms. The second kappa shape index (κ2) is 5.75. The summed E-state index contributed by atoms with van der Waals surface area (Å²) in [4.78, 5) is 11.2. The van der Waals surface area contributed by atoms with Crippen molar-refractivity contribution in [2.75, 3.05) is 13.1 Å². The molecular formula is C10H20N2O. The molecule has 0 aliphatic carbocycles. The largest absolute Gasteiger partial charge is 0.350 e. The van der Waals surface area contributed by atoms with Gasteiger partial charge in [0, 0.05) is 12.1 Å². The van der Waals surface area contributed by atoms with Crippen LogP contribution in [0.1, 0.15) is 27.7 Å². The minimum atomic E-state index is -0.140. The predicted octanol–water partition coefficient (Wildman–Crippen LogP) is 1.07. The number of nitrogens with one attached hydrogen (secondary N) is 2. The van der Waals surface area contributed by atoms with E-state index in [2.05, 4.69) is 10.6 Å². The van der Waals surface area contributed by atoms with Crippen molar-refractivity contribution < 1.29 is 4.79 Å². The number of amides is 1. The smallest absolute Gasteiger partial charge is 0.234 e. The molecule has 0 aromatic rings. The molecule has 3 heteroatoms. The van der Waals surface area contributed by atoms with Gasteiger partial charge in [0.25, 0.3) is 0 Å². The summed E-state index contributed by atoms with van der Waals surface area (Å²) in [5.74, 6) is 0.0389. The highest BCUT2D eigenvalue weighted by Gasteiger charge is 2.12. The molecule has 3 nitrogen and oxygen atoms in total. The Kier molecular flexibility index (Phi) is 5.39. The van der Waals surface area contributed by atoms with Crippen LogP contribution in [0.3, 0.4) is 0 Å². The van der Waals surface area contributed by atoms with Crippen molar-refractivity contribution in [2.24, 2.45) is 0 Å². The monoisotopic (exact) mass is 184 g/mol. The van der Waals surface area contributed by atoms with Crippen LogP contribution in [0.2, 0.25) is 0 Å². The van der Waals surface area contributed by atoms with Crippen molar-refractivity contribution in [1.82, 2.24) is 10.6 Å². The molecule has 0 radical (unpaired) electrons. The van der Waals surface area contributed by atoms with Crippen molar-refractivity contribution in [3.05, 3.63) is 12.2 Å². The quantitative estimate of drug-likeness (QED) is 0.507. The zero-order valence-electron chi connectivity index (χ0n) is 8.98. The van der Waals surface area contributed by atoms with Crippen LogP contribution >= 0.6 is 0 Å². The summed E-state index contributed by atoms with van der Waals surface area (Å²) in [6, 6.07) is 0. The van der Waals surface area contributed by atoms with E-state index in [-0.39, 0.29) is 11.4 Å². The number of carbonyl (C=O) groups is 1. The lowest BCUT2D eigenvalue weighted by Gasteiger charge is -2.20. The highest BCUT2D eigenvalue weighted by atomic mass is 16.2. The summed E-state index contributed by atoms with van der Waals surface area (Å²) >= 11 is 0. The van der Waals surface area contributed by atoms with Gasteiger partial charge in [-0.25, -0.2) is 0 Å². The Labute approximate surface area is 80.6 Å². The van der Waals surface area contributed by atoms with Crippen molar-refractivity contribution in [3.63, 3.8) is 0 Å². The minimum Gasteiger partial charge on any atom is -0.350 e. The van der Waals surface area contributed by atoms with Crippen LogP contribution in [0.25, 0.3) is 0 Å². The van der Waals surface area contributed by atoms with E-state index in [9.17, 15) is 4.79 Å². The topological polar surface area (TPSA) is 41.1 Å². The van der Waals surface area contributed by atoms with Gasteiger partial charge in [-0.2, -0.15) is 0 Å². The SMILES string of the molecule is C/C=C/CNCC(=O)NC(C)(C)C. The Hall–Kier alpha value is -0.830. The number of carbonyl (C=O) groups excluding carboxylic acids is 1. The van der Waals surface area contributed by atoms with Gasteiger partial charge in [0.05, 0.1) is 6.54 Å². The molecule has 0 aliphatic heterocycles. The maximum absolute atomic E-state index is 11.2. The van der Waals surface area contributed by atoms with Gasteiger partial charge in [-0.3, -0.25) is 4.79 Å². The summed E-state index contributed by atoms with van der Waals surface area (Å²) in [6.07, 6.45) is 3.93. The second-order valence-corrected chi connectivity index (χ2v) is 4.00. The summed E-state index contributed by atoms with van der Waals surface area (Å²) in [5.41, 5.74) is -0.140. The molecule has 0 unspecified atom stereocenters. The fraction of sp³-hybridized carbons (Fsp3) is 0.700. The zero-order valence-corrected chi connectivity index (χ0v) is 8.98. The second-order valence-electron chi connectivity index (χ2n) is 4.00. The summed E-state index contributed by atoms with van der Waals surface area (Å²) in [6.45, 7) is 8.98. The van der Waals surface area contributed by atoms with Crippen LogP contribution in [-0.4, -0.2) is 24.5 Å². The van der Waals surface area contributed by atoms with Crippen LogP contribution in [0.5, 0.6) is 0 Å². The Morgan fingerprint density at radius 2 is 2.00 bits per heavy atom. The number of rotatable bonds is 4. The normalized spacial score (nSPS) is 12.0. The highest BCUT2D eigenvalue weighted by molar-refractivity contribution is 5.78. The van der Waals surface area contributed by atoms with Crippen molar-refractivity contribution in [2.45, 2.75) is 33.2 Å². The molecule has 1 amide bonds. The molecule has 0 aliphatic rings. The third-order valence-corrected chi connectivity index (χ3v) is 1.30. The maximum atomic E-state index is 11.2. The first-order valence-corrected chi connectivity index (χ1v) is 4.58. The molecule has 0 fully saturated rings. The van der Waals surface area contributed by atoms with E-state index >= 15 is 0 Å². The minimum absolute atomic E-state index is 0.0389. The first-order chi connectivity index (χ1) is 5.95. The van der Waals surface area contributed by atoms with Gasteiger partial charge in [0.15, 0.2) is 0 Å². The molecule has 0 saturated heterocycles. The standard InChI is InChI=1S/C10H20N2O/c1-5-6-7-11-8-9(13)12-10(2,3)4/h5-6,11H,7-8H2,1-4H3,(H,12,13)/b6-5+. The third-order valence-electron chi connectivity index (χ3n) is 1.30. The van der Waals surface area contributed by atoms with Crippen LogP contribution in [0, 0.1) is 0 Å². The molecule has 2 N–H and O–H groups in total. The van der Waals surface area contributed by atoms with E-state index in [0.717, 1.165) is 6.54 Å². The van der Waals surface area contributed by atoms with Crippen LogP contribution in [0.4, 0.5) is 0 Å². The van der Waals surface area contributed by atoms with Gasteiger partial charge < -0.3 is 10.6 Å². The van der Waals surface area contributed by atoms with Crippen molar-refractivity contribution in [1.29, 1.82) is 0 Å². The first-order valence-electron chi connectivity index (χ1n) is 4.58. The van der Waals surface area contributed by atoms with Crippen molar-refractivity contribution in [3.8, 4) is 0 Å². The van der Waals surface area contributed by atoms with Gasteiger partial charge in [0.2, 0.25) is 5.91 Å². The molecule has 0 aromatic heterocycles. The molecular weight excluding hydrogens is 164 g/mol. The number of hydrogen-bond donors (Lipinski definition) is 2. The lowest BCUT2D eigenvalue weighted by atomic mass is 10.1. The Bertz CT molecular complexity index is 180. The molecule has 0 spiro atoms. The van der Waals surface area contributed by atoms with E-state index in [1.807, 2.05) is 39.8 Å². The first kappa shape index (κ1) is 12.2. The molecule has 0 saturated carbocycles. The van der Waals surface area contributed by atoms with Gasteiger partial charge >= 0.3 is 0 Å². The average Bonchev–Trinajstić information content (AvgIpc) is 1.94. The Morgan fingerprint density at radius 3 is 2.46 bits per heavy atom. The lowest BCUT2D eigenvalue weighted by Crippen LogP contribution is -2.44. The molecule has 0 aromatic carbocycles. The zero-order chi connectivity index (χ0) is 10.3. The predicted molar refractivity (Wildman–Crippen MR) is 55.6 cm³/mol. The molecule has 0 heterocycles. The molecule has 76 valence electrons. The molecule has 13 heavy (non-hydrogen) atoms. The van der Waals surface area contributed by atoms with Gasteiger partial charge in [-0.05, 0) is 27.7 Å². The van der Waals surface area contributed by atoms with Crippen molar-refractivity contribution >= 4 is 5.91 Å². The fourth-order valence-corrected chi connectivity index (χ4v) is 0.849. The summed E-state index contributed by atoms with van der Waals surface area (Å²) in [7, 11) is 0. The van der Waals surface area contributed by atoms with E-state index in [1.165, 1.54) is 0 Å². The van der Waals surface area contributed by atoms with Crippen LogP contribution in [-0.2, 0) is 4.79 Å². The molecule has 0 atom stereocenters. The third kappa shape index (κ3) is 9.08. The van der Waals surface area contributed by atoms with E-state index in [4.69, 9.17) is 0 Å². The van der Waals surface area contributed by atoms with Crippen LogP contribution in [0.15, 0.2) is 12.2 Å². The van der Waals surface area contributed by atoms with E-state index in [1.54, 1.807) is 0 Å². The number of allylic oxidation sites excluding steroid dienone is 1. The summed E-state index contributed by atoms with van der Waals surface area (Å²) in [5, 5.41) is 5.88. The highest BCUT2D eigenvalue weighted by Crippen LogP contribution is 1.96. The Balaban J connectivity index is 3.52. The lowest BCUT2D eigenvalue weighted by molar-refractivity contribution is -0.121. The van der Waals surface area contributed by atoms with E-state index < -0.39 is 0 Å². The van der Waals surface area contributed by atoms with Crippen LogP contribution < -0.4 is 10.6 Å². The molecule has 0 rings (SSSR count). The number of hydrogen-bond acceptors (Lipinski definition) is 2. The fourth-order valence-electron chi connectivity index (χ4n) is 0.849. The van der Waals surface area contributed by atoms with Gasteiger partial charge in [-0.1, -0.05) is 12.2 Å². The van der Waals surface area contributed by atoms with Gasteiger partial charge in [-0.15, -0.1) is 0 Å². The van der Waals surface area contributed by atoms with E-state index in [0.29, 0.717) is 6.54 Å². The average molecular weight is 184 g/mol. The Morgan fingerprint density at radius 1 is 1.38 bits per heavy atom. The van der Waals surface area contributed by atoms with Gasteiger partial charge in [0.1, 0.15) is 0 Å². The summed E-state index contributed by atoms with van der Waals surface area (Å²) < 4.78 is 0. The maximum Gasteiger partial charge on any atom is 0.234 e.